The summed E-state index contributed by atoms with van der Waals surface area (Å²) in [6.07, 6.45) is 3.84. The summed E-state index contributed by atoms with van der Waals surface area (Å²) in [5.74, 6) is -1.04. The fraction of sp³-hybridized carbons (Fsp3) is 0.474. The predicted octanol–water partition coefficient (Wildman–Crippen LogP) is 2.24. The fourth-order valence-electron chi connectivity index (χ4n) is 3.50. The maximum absolute atomic E-state index is 12.6. The van der Waals surface area contributed by atoms with E-state index in [0.717, 1.165) is 29.9 Å². The van der Waals surface area contributed by atoms with Crippen LogP contribution >= 0.6 is 11.8 Å². The molecular formula is C19H23N3O5S. The van der Waals surface area contributed by atoms with Gasteiger partial charge in [-0.25, -0.2) is 9.59 Å². The molecule has 1 aromatic carbocycles. The molecule has 1 heterocycles. The average Bonchev–Trinajstić information content (AvgIpc) is 2.91. The van der Waals surface area contributed by atoms with Crippen LogP contribution in [0.15, 0.2) is 29.2 Å². The molecule has 28 heavy (non-hydrogen) atoms. The third kappa shape index (κ3) is 4.14. The Kier molecular flexibility index (Phi) is 6.23. The third-order valence-electron chi connectivity index (χ3n) is 4.85. The molecule has 1 saturated carbocycles. The van der Waals surface area contributed by atoms with Crippen molar-refractivity contribution in [1.82, 2.24) is 15.8 Å². The molecule has 2 aliphatic rings. The molecule has 0 unspecified atom stereocenters. The molecule has 2 N–H and O–H groups in total. The normalized spacial score (nSPS) is 18.1. The van der Waals surface area contributed by atoms with Crippen molar-refractivity contribution in [1.29, 1.82) is 0 Å². The highest BCUT2D eigenvalue weighted by Crippen LogP contribution is 2.33. The number of nitrogens with zero attached hydrogens (tertiary/aromatic N) is 1. The first-order chi connectivity index (χ1) is 13.5. The van der Waals surface area contributed by atoms with Crippen molar-refractivity contribution in [3.05, 3.63) is 29.8 Å². The summed E-state index contributed by atoms with van der Waals surface area (Å²) in [5.41, 5.74) is 1.70. The summed E-state index contributed by atoms with van der Waals surface area (Å²) in [7, 11) is 0. The van der Waals surface area contributed by atoms with Gasteiger partial charge in [0.2, 0.25) is 0 Å². The van der Waals surface area contributed by atoms with Crippen LogP contribution in [0.2, 0.25) is 0 Å². The largest absolute Gasteiger partial charge is 0.452 e. The number of rotatable bonds is 6. The molecule has 1 spiro atoms. The van der Waals surface area contributed by atoms with Crippen LogP contribution in [0.4, 0.5) is 4.79 Å². The quantitative estimate of drug-likeness (QED) is 0.427. The Bertz CT molecular complexity index is 792. The van der Waals surface area contributed by atoms with Gasteiger partial charge >= 0.3 is 12.0 Å². The molecule has 150 valence electrons. The van der Waals surface area contributed by atoms with Crippen molar-refractivity contribution in [2.45, 2.75) is 49.5 Å². The van der Waals surface area contributed by atoms with Crippen LogP contribution in [0.1, 0.15) is 49.4 Å². The van der Waals surface area contributed by atoms with E-state index in [1.807, 2.05) is 19.1 Å². The first-order valence-electron chi connectivity index (χ1n) is 9.32. The fourth-order valence-corrected chi connectivity index (χ4v) is 4.29. The van der Waals surface area contributed by atoms with Crippen LogP contribution < -0.4 is 10.7 Å². The van der Waals surface area contributed by atoms with Crippen LogP contribution in [0.3, 0.4) is 0 Å². The Morgan fingerprint density at radius 3 is 2.64 bits per heavy atom. The number of hydrazine groups is 1. The maximum Gasteiger partial charge on any atom is 0.344 e. The molecule has 4 amide bonds. The van der Waals surface area contributed by atoms with E-state index in [9.17, 15) is 19.2 Å². The van der Waals surface area contributed by atoms with Crippen LogP contribution in [0.5, 0.6) is 0 Å². The van der Waals surface area contributed by atoms with E-state index in [2.05, 4.69) is 10.7 Å². The summed E-state index contributed by atoms with van der Waals surface area (Å²) in [5, 5.41) is 3.40. The van der Waals surface area contributed by atoms with Crippen molar-refractivity contribution >= 4 is 35.6 Å². The molecule has 3 rings (SSSR count). The van der Waals surface area contributed by atoms with E-state index in [1.54, 1.807) is 12.1 Å². The van der Waals surface area contributed by atoms with Gasteiger partial charge in [0.1, 0.15) is 5.54 Å². The van der Waals surface area contributed by atoms with Crippen molar-refractivity contribution < 1.29 is 23.9 Å². The number of imide groups is 1. The number of amides is 4. The summed E-state index contributed by atoms with van der Waals surface area (Å²) < 4.78 is 5.06. The second-order valence-corrected chi connectivity index (χ2v) is 8.06. The van der Waals surface area contributed by atoms with Crippen LogP contribution in [0.25, 0.3) is 0 Å². The van der Waals surface area contributed by atoms with Gasteiger partial charge in [-0.1, -0.05) is 38.3 Å². The number of carbonyl (C=O) groups is 4. The van der Waals surface area contributed by atoms with Crippen LogP contribution in [0, 0.1) is 0 Å². The number of carbonyl (C=O) groups excluding carboxylic acids is 4. The van der Waals surface area contributed by atoms with Gasteiger partial charge in [0.05, 0.1) is 5.56 Å². The number of thioether (sulfide) groups is 1. The lowest BCUT2D eigenvalue weighted by atomic mass is 9.82. The van der Waals surface area contributed by atoms with Crippen molar-refractivity contribution in [2.75, 3.05) is 12.4 Å². The van der Waals surface area contributed by atoms with E-state index < -0.39 is 36.0 Å². The zero-order valence-corrected chi connectivity index (χ0v) is 16.5. The van der Waals surface area contributed by atoms with E-state index in [1.165, 1.54) is 11.8 Å². The Morgan fingerprint density at radius 1 is 1.21 bits per heavy atom. The molecule has 1 aromatic rings. The van der Waals surface area contributed by atoms with Gasteiger partial charge in [0.25, 0.3) is 11.8 Å². The van der Waals surface area contributed by atoms with Crippen molar-refractivity contribution in [3.63, 3.8) is 0 Å². The Hall–Kier alpha value is -2.55. The summed E-state index contributed by atoms with van der Waals surface area (Å²) in [4.78, 5) is 49.9. The minimum atomic E-state index is -0.921. The average molecular weight is 405 g/mol. The molecule has 1 saturated heterocycles. The van der Waals surface area contributed by atoms with Gasteiger partial charge in [-0.3, -0.25) is 15.0 Å². The van der Waals surface area contributed by atoms with Gasteiger partial charge in [-0.05, 0) is 30.7 Å². The lowest BCUT2D eigenvalue weighted by molar-refractivity contribution is -0.140. The van der Waals surface area contributed by atoms with Gasteiger partial charge in [-0.15, -0.1) is 11.8 Å². The van der Waals surface area contributed by atoms with Crippen LogP contribution in [-0.4, -0.2) is 46.7 Å². The molecule has 0 bridgehead atoms. The first kappa shape index (κ1) is 20.2. The molecule has 0 radical (unpaired) electrons. The highest BCUT2D eigenvalue weighted by molar-refractivity contribution is 7.99. The van der Waals surface area contributed by atoms with Gasteiger partial charge in [0, 0.05) is 4.90 Å². The van der Waals surface area contributed by atoms with Gasteiger partial charge in [0.15, 0.2) is 6.61 Å². The lowest BCUT2D eigenvalue weighted by Gasteiger charge is -2.30. The number of benzene rings is 1. The molecule has 2 fully saturated rings. The molecule has 1 aliphatic carbocycles. The zero-order chi connectivity index (χ0) is 20.1. The molecule has 8 nitrogen and oxygen atoms in total. The molecule has 0 atom stereocenters. The minimum absolute atomic E-state index is 0.373. The van der Waals surface area contributed by atoms with Crippen molar-refractivity contribution in [3.8, 4) is 0 Å². The number of urea groups is 1. The topological polar surface area (TPSA) is 105 Å². The van der Waals surface area contributed by atoms with Crippen molar-refractivity contribution in [2.24, 2.45) is 0 Å². The molecule has 1 aliphatic heterocycles. The maximum atomic E-state index is 12.6. The summed E-state index contributed by atoms with van der Waals surface area (Å²) in [6, 6.07) is 6.31. The third-order valence-corrected chi connectivity index (χ3v) is 5.80. The SMILES string of the molecule is CCSc1ccccc1C(=O)OCC(=O)NN1C(=O)NC2(CCCCC2)C1=O. The van der Waals surface area contributed by atoms with E-state index in [-0.39, 0.29) is 0 Å². The molecule has 9 heteroatoms. The number of nitrogens with one attached hydrogen (secondary N) is 2. The van der Waals surface area contributed by atoms with E-state index in [4.69, 9.17) is 4.74 Å². The Labute approximate surface area is 167 Å². The standard InChI is InChI=1S/C19H23N3O5S/c1-2-28-14-9-5-4-8-13(14)16(24)27-12-15(23)21-22-17(25)19(20-18(22)26)10-6-3-7-11-19/h4-5,8-9H,2-3,6-7,10-12H2,1H3,(H,20,26)(H,21,23). The van der Waals surface area contributed by atoms with Gasteiger partial charge < -0.3 is 10.1 Å². The second-order valence-electron chi connectivity index (χ2n) is 6.75. The second kappa shape index (κ2) is 8.64. The molecular weight excluding hydrogens is 382 g/mol. The van der Waals surface area contributed by atoms with E-state index >= 15 is 0 Å². The highest BCUT2D eigenvalue weighted by atomic mass is 32.2. The number of esters is 1. The number of hydrogen-bond donors (Lipinski definition) is 2. The Balaban J connectivity index is 1.57. The monoisotopic (exact) mass is 405 g/mol. The Morgan fingerprint density at radius 2 is 1.93 bits per heavy atom. The van der Waals surface area contributed by atoms with Crippen LogP contribution in [-0.2, 0) is 14.3 Å². The van der Waals surface area contributed by atoms with E-state index in [0.29, 0.717) is 23.4 Å². The lowest BCUT2D eigenvalue weighted by Crippen LogP contribution is -2.51. The highest BCUT2D eigenvalue weighted by Gasteiger charge is 2.52. The number of hydrogen-bond acceptors (Lipinski definition) is 6. The first-order valence-corrected chi connectivity index (χ1v) is 10.3. The smallest absolute Gasteiger partial charge is 0.344 e. The summed E-state index contributed by atoms with van der Waals surface area (Å²) in [6.45, 7) is 1.38. The minimum Gasteiger partial charge on any atom is -0.452 e. The zero-order valence-electron chi connectivity index (χ0n) is 15.7. The molecule has 0 aromatic heterocycles. The van der Waals surface area contributed by atoms with Gasteiger partial charge in [-0.2, -0.15) is 5.01 Å². The number of ether oxygens (including phenoxy) is 1. The predicted molar refractivity (Wildman–Crippen MR) is 102 cm³/mol. The summed E-state index contributed by atoms with van der Waals surface area (Å²) >= 11 is 1.50.